The molecule has 0 amide bonds. The topological polar surface area (TPSA) is 52.6 Å². The summed E-state index contributed by atoms with van der Waals surface area (Å²) >= 11 is 1.38. The lowest BCUT2D eigenvalue weighted by Crippen LogP contribution is -2.20. The Bertz CT molecular complexity index is 945. The number of ether oxygens (including phenoxy) is 2. The zero-order valence-corrected chi connectivity index (χ0v) is 15.4. The monoisotopic (exact) mass is 366 g/mol. The van der Waals surface area contributed by atoms with Crippen molar-refractivity contribution in [3.8, 4) is 0 Å². The minimum atomic E-state index is -0.512. The molecular formula is C21H18O4S. The second-order valence-corrected chi connectivity index (χ2v) is 7.38. The standard InChI is InChI=1S/C21H18O4S/c1-24-20(22)17-15-9-5-7-13-11-10-12-6-3-4-8-14(12)18(16(13)15)26-19(17)21(23)25-2/h3-9,18H,10-11H2,1-2H3. The number of benzene rings is 2. The van der Waals surface area contributed by atoms with E-state index in [0.717, 1.165) is 24.0 Å². The molecule has 2 aromatic carbocycles. The number of methoxy groups -OCH3 is 2. The van der Waals surface area contributed by atoms with Crippen molar-refractivity contribution < 1.29 is 19.1 Å². The van der Waals surface area contributed by atoms with Crippen molar-refractivity contribution in [2.75, 3.05) is 14.2 Å². The summed E-state index contributed by atoms with van der Waals surface area (Å²) < 4.78 is 9.95. The van der Waals surface area contributed by atoms with Gasteiger partial charge in [-0.2, -0.15) is 0 Å². The van der Waals surface area contributed by atoms with Gasteiger partial charge in [0, 0.05) is 0 Å². The second kappa shape index (κ2) is 6.65. The molecule has 2 aromatic rings. The van der Waals surface area contributed by atoms with Gasteiger partial charge in [0.05, 0.1) is 25.0 Å². The van der Waals surface area contributed by atoms with Gasteiger partial charge in [0.1, 0.15) is 4.91 Å². The fourth-order valence-corrected chi connectivity index (χ4v) is 5.25. The van der Waals surface area contributed by atoms with Gasteiger partial charge in [0.15, 0.2) is 0 Å². The Morgan fingerprint density at radius 1 is 0.923 bits per heavy atom. The molecule has 2 aliphatic rings. The molecule has 0 saturated carbocycles. The Hall–Kier alpha value is -2.53. The molecule has 5 heteroatoms. The molecule has 1 heterocycles. The molecule has 1 aliphatic carbocycles. The first-order chi connectivity index (χ1) is 12.7. The van der Waals surface area contributed by atoms with Gasteiger partial charge in [-0.05, 0) is 40.7 Å². The number of hydrogen-bond donors (Lipinski definition) is 0. The maximum absolute atomic E-state index is 12.5. The van der Waals surface area contributed by atoms with E-state index in [-0.39, 0.29) is 5.25 Å². The van der Waals surface area contributed by atoms with Gasteiger partial charge in [-0.1, -0.05) is 42.5 Å². The molecule has 132 valence electrons. The number of rotatable bonds is 2. The molecule has 1 unspecified atom stereocenters. The van der Waals surface area contributed by atoms with E-state index in [9.17, 15) is 9.59 Å². The summed E-state index contributed by atoms with van der Waals surface area (Å²) in [5.41, 5.74) is 5.86. The minimum Gasteiger partial charge on any atom is -0.465 e. The number of fused-ring (bicyclic) bond motifs is 2. The summed E-state index contributed by atoms with van der Waals surface area (Å²) in [5, 5.41) is -0.0394. The average molecular weight is 366 g/mol. The largest absolute Gasteiger partial charge is 0.465 e. The molecule has 0 radical (unpaired) electrons. The van der Waals surface area contributed by atoms with E-state index >= 15 is 0 Å². The van der Waals surface area contributed by atoms with Crippen LogP contribution in [0.25, 0.3) is 5.57 Å². The number of aryl methyl sites for hydroxylation is 2. The summed E-state index contributed by atoms with van der Waals surface area (Å²) in [6, 6.07) is 14.3. The molecule has 0 saturated heterocycles. The predicted molar refractivity (Wildman–Crippen MR) is 101 cm³/mol. The van der Waals surface area contributed by atoms with Crippen molar-refractivity contribution in [2.45, 2.75) is 18.1 Å². The highest BCUT2D eigenvalue weighted by Gasteiger charge is 2.38. The van der Waals surface area contributed by atoms with E-state index in [1.54, 1.807) is 0 Å². The zero-order valence-electron chi connectivity index (χ0n) is 14.6. The van der Waals surface area contributed by atoms with Crippen LogP contribution in [0.3, 0.4) is 0 Å². The van der Waals surface area contributed by atoms with Crippen molar-refractivity contribution in [1.82, 2.24) is 0 Å². The highest BCUT2D eigenvalue weighted by atomic mass is 32.2. The van der Waals surface area contributed by atoms with Gasteiger partial charge in [-0.25, -0.2) is 9.59 Å². The van der Waals surface area contributed by atoms with Crippen molar-refractivity contribution >= 4 is 29.3 Å². The Morgan fingerprint density at radius 2 is 1.62 bits per heavy atom. The van der Waals surface area contributed by atoms with Crippen molar-refractivity contribution in [1.29, 1.82) is 0 Å². The summed E-state index contributed by atoms with van der Waals surface area (Å²) in [7, 11) is 2.66. The van der Waals surface area contributed by atoms with Crippen LogP contribution in [0.4, 0.5) is 0 Å². The number of hydrogen-bond acceptors (Lipinski definition) is 5. The van der Waals surface area contributed by atoms with E-state index in [1.165, 1.54) is 42.7 Å². The van der Waals surface area contributed by atoms with Crippen LogP contribution in [0.15, 0.2) is 47.4 Å². The summed E-state index contributed by atoms with van der Waals surface area (Å²) in [4.78, 5) is 25.3. The van der Waals surface area contributed by atoms with Crippen LogP contribution in [-0.4, -0.2) is 26.2 Å². The SMILES string of the molecule is COC(=O)C1=C(C(=O)OC)c2cccc3c2C(S1)c1ccccc1CC3. The lowest BCUT2D eigenvalue weighted by Gasteiger charge is -2.29. The predicted octanol–water partition coefficient (Wildman–Crippen LogP) is 3.68. The van der Waals surface area contributed by atoms with Gasteiger partial charge in [0.25, 0.3) is 0 Å². The molecule has 0 spiro atoms. The Balaban J connectivity index is 2.02. The van der Waals surface area contributed by atoms with Crippen LogP contribution >= 0.6 is 11.8 Å². The number of thioether (sulfide) groups is 1. The van der Waals surface area contributed by atoms with E-state index in [0.29, 0.717) is 10.5 Å². The third-order valence-electron chi connectivity index (χ3n) is 4.95. The van der Waals surface area contributed by atoms with Crippen molar-refractivity contribution in [3.63, 3.8) is 0 Å². The van der Waals surface area contributed by atoms with Gasteiger partial charge >= 0.3 is 11.9 Å². The lowest BCUT2D eigenvalue weighted by molar-refractivity contribution is -0.137. The first-order valence-corrected chi connectivity index (χ1v) is 9.31. The molecule has 1 atom stereocenters. The summed E-state index contributed by atoms with van der Waals surface area (Å²) in [6.07, 6.45) is 1.84. The molecule has 4 nitrogen and oxygen atoms in total. The quantitative estimate of drug-likeness (QED) is 0.759. The molecule has 26 heavy (non-hydrogen) atoms. The molecule has 1 aliphatic heterocycles. The highest BCUT2D eigenvalue weighted by Crippen LogP contribution is 2.53. The van der Waals surface area contributed by atoms with E-state index in [1.807, 2.05) is 24.3 Å². The lowest BCUT2D eigenvalue weighted by atomic mass is 9.90. The molecule has 0 aromatic heterocycles. The first kappa shape index (κ1) is 16.9. The normalized spacial score (nSPS) is 17.7. The van der Waals surface area contributed by atoms with Gasteiger partial charge < -0.3 is 9.47 Å². The van der Waals surface area contributed by atoms with Crippen LogP contribution in [0.5, 0.6) is 0 Å². The molecule has 0 bridgehead atoms. The highest BCUT2D eigenvalue weighted by molar-refractivity contribution is 8.04. The van der Waals surface area contributed by atoms with Gasteiger partial charge in [0.2, 0.25) is 0 Å². The zero-order chi connectivity index (χ0) is 18.3. The second-order valence-electron chi connectivity index (χ2n) is 6.26. The maximum Gasteiger partial charge on any atom is 0.345 e. The Labute approximate surface area is 156 Å². The smallest absolute Gasteiger partial charge is 0.345 e. The molecule has 0 N–H and O–H groups in total. The van der Waals surface area contributed by atoms with Gasteiger partial charge in [-0.15, -0.1) is 11.8 Å². The maximum atomic E-state index is 12.5. The first-order valence-electron chi connectivity index (χ1n) is 8.43. The van der Waals surface area contributed by atoms with Crippen LogP contribution in [0.2, 0.25) is 0 Å². The third kappa shape index (κ3) is 2.54. The summed E-state index contributed by atoms with van der Waals surface area (Å²) in [5.74, 6) is -1.02. The van der Waals surface area contributed by atoms with Crippen molar-refractivity contribution in [3.05, 3.63) is 75.2 Å². The summed E-state index contributed by atoms with van der Waals surface area (Å²) in [6.45, 7) is 0. The molecule has 0 fully saturated rings. The van der Waals surface area contributed by atoms with E-state index in [4.69, 9.17) is 9.47 Å². The van der Waals surface area contributed by atoms with Crippen LogP contribution in [-0.2, 0) is 31.9 Å². The Morgan fingerprint density at radius 3 is 2.38 bits per heavy atom. The van der Waals surface area contributed by atoms with E-state index < -0.39 is 11.9 Å². The molecule has 4 rings (SSSR count). The number of esters is 2. The Kier molecular flexibility index (Phi) is 4.32. The average Bonchev–Trinajstić information content (AvgIpc) is 2.85. The van der Waals surface area contributed by atoms with Crippen molar-refractivity contribution in [2.24, 2.45) is 0 Å². The van der Waals surface area contributed by atoms with Crippen LogP contribution in [0, 0.1) is 0 Å². The van der Waals surface area contributed by atoms with Crippen LogP contribution < -0.4 is 0 Å². The third-order valence-corrected chi connectivity index (χ3v) is 6.28. The van der Waals surface area contributed by atoms with Gasteiger partial charge in [-0.3, -0.25) is 0 Å². The number of carbonyl (C=O) groups is 2. The fourth-order valence-electron chi connectivity index (χ4n) is 3.77. The fraction of sp³-hybridized carbons (Fsp3) is 0.238. The number of carbonyl (C=O) groups excluding carboxylic acids is 2. The minimum absolute atomic E-state index is 0.0394. The van der Waals surface area contributed by atoms with Crippen LogP contribution in [0.1, 0.15) is 33.1 Å². The molecular weight excluding hydrogens is 348 g/mol. The van der Waals surface area contributed by atoms with E-state index in [2.05, 4.69) is 18.2 Å².